The summed E-state index contributed by atoms with van der Waals surface area (Å²) in [7, 11) is 0. The highest BCUT2D eigenvalue weighted by Crippen LogP contribution is 2.24. The molecule has 1 aliphatic rings. The van der Waals surface area contributed by atoms with E-state index in [9.17, 15) is 19.5 Å². The van der Waals surface area contributed by atoms with Crippen LogP contribution < -0.4 is 5.32 Å². The van der Waals surface area contributed by atoms with Crippen molar-refractivity contribution in [3.63, 3.8) is 0 Å². The van der Waals surface area contributed by atoms with Gasteiger partial charge in [-0.3, -0.25) is 9.59 Å². The Hall–Kier alpha value is -2.67. The van der Waals surface area contributed by atoms with Crippen LogP contribution in [0.4, 0.5) is 5.69 Å². The van der Waals surface area contributed by atoms with Crippen molar-refractivity contribution in [2.75, 3.05) is 11.9 Å². The van der Waals surface area contributed by atoms with E-state index >= 15 is 0 Å². The van der Waals surface area contributed by atoms with Crippen LogP contribution in [-0.2, 0) is 4.79 Å². The molecule has 3 rings (SSSR count). The van der Waals surface area contributed by atoms with Crippen molar-refractivity contribution >= 4 is 34.8 Å². The topological polar surface area (TPSA) is 86.7 Å². The number of nitrogens with one attached hydrogen (secondary N) is 1. The van der Waals surface area contributed by atoms with Crippen LogP contribution >= 0.6 is 11.3 Å². The highest BCUT2D eigenvalue weighted by Gasteiger charge is 2.32. The number of likely N-dealkylation sites (tertiary alicyclic amines) is 1. The molecule has 1 aromatic heterocycles. The van der Waals surface area contributed by atoms with Crippen LogP contribution in [-0.4, -0.2) is 40.4 Å². The van der Waals surface area contributed by atoms with Crippen molar-refractivity contribution in [3.8, 4) is 0 Å². The summed E-state index contributed by atoms with van der Waals surface area (Å²) in [6, 6.07) is 7.70. The molecule has 2 amide bonds. The molecule has 0 spiro atoms. The zero-order valence-electron chi connectivity index (χ0n) is 15.3. The molecule has 1 atom stereocenters. The maximum absolute atomic E-state index is 12.8. The van der Waals surface area contributed by atoms with Crippen molar-refractivity contribution in [3.05, 3.63) is 51.2 Å². The van der Waals surface area contributed by atoms with Crippen LogP contribution in [0, 0.1) is 13.8 Å². The second-order valence-electron chi connectivity index (χ2n) is 6.73. The quantitative estimate of drug-likeness (QED) is 0.839. The van der Waals surface area contributed by atoms with E-state index in [2.05, 4.69) is 5.32 Å². The van der Waals surface area contributed by atoms with Gasteiger partial charge in [0.1, 0.15) is 6.04 Å². The molecule has 2 aromatic rings. The van der Waals surface area contributed by atoms with E-state index in [0.717, 1.165) is 23.3 Å². The van der Waals surface area contributed by atoms with E-state index in [-0.39, 0.29) is 11.8 Å². The first kappa shape index (κ1) is 19.1. The number of nitrogens with zero attached hydrogens (tertiary/aromatic N) is 1. The van der Waals surface area contributed by atoms with Crippen molar-refractivity contribution in [2.45, 2.75) is 39.2 Å². The molecule has 1 unspecified atom stereocenters. The first-order valence-electron chi connectivity index (χ1n) is 8.89. The lowest BCUT2D eigenvalue weighted by molar-refractivity contribution is -0.143. The summed E-state index contributed by atoms with van der Waals surface area (Å²) in [6.07, 6.45) is 2.06. The third-order valence-electron chi connectivity index (χ3n) is 4.81. The number of aryl methyl sites for hydroxylation is 2. The maximum Gasteiger partial charge on any atom is 0.326 e. The fraction of sp³-hybridized carbons (Fsp3) is 0.350. The third-order valence-corrected chi connectivity index (χ3v) is 5.96. The van der Waals surface area contributed by atoms with Crippen molar-refractivity contribution < 1.29 is 19.5 Å². The predicted molar refractivity (Wildman–Crippen MR) is 104 cm³/mol. The van der Waals surface area contributed by atoms with Gasteiger partial charge in [0, 0.05) is 22.7 Å². The molecule has 0 aliphatic carbocycles. The molecule has 1 aliphatic heterocycles. The van der Waals surface area contributed by atoms with Crippen LogP contribution in [0.5, 0.6) is 0 Å². The highest BCUT2D eigenvalue weighted by molar-refractivity contribution is 7.14. The largest absolute Gasteiger partial charge is 0.480 e. The van der Waals surface area contributed by atoms with Crippen molar-refractivity contribution in [1.82, 2.24) is 4.90 Å². The molecule has 27 heavy (non-hydrogen) atoms. The number of piperidine rings is 1. The highest BCUT2D eigenvalue weighted by atomic mass is 32.1. The number of amides is 2. The summed E-state index contributed by atoms with van der Waals surface area (Å²) in [5.41, 5.74) is 1.96. The van der Waals surface area contributed by atoms with Gasteiger partial charge in [0.05, 0.1) is 4.88 Å². The van der Waals surface area contributed by atoms with Crippen LogP contribution in [0.15, 0.2) is 30.3 Å². The van der Waals surface area contributed by atoms with E-state index in [4.69, 9.17) is 0 Å². The van der Waals surface area contributed by atoms with Crippen LogP contribution in [0.25, 0.3) is 0 Å². The SMILES string of the molecule is Cc1cc(C(=O)Nc2cccc(C(=O)N3CCCCC3C(=O)O)c2)sc1C. The van der Waals surface area contributed by atoms with Crippen LogP contribution in [0.3, 0.4) is 0 Å². The van der Waals surface area contributed by atoms with E-state index in [0.29, 0.717) is 29.1 Å². The summed E-state index contributed by atoms with van der Waals surface area (Å²) < 4.78 is 0. The Bertz CT molecular complexity index is 870. The number of thiophene rings is 1. The molecule has 7 heteroatoms. The van der Waals surface area contributed by atoms with Gasteiger partial charge in [-0.05, 0) is 62.9 Å². The average molecular weight is 386 g/mol. The third kappa shape index (κ3) is 4.19. The molecule has 2 N–H and O–H groups in total. The molecule has 6 nitrogen and oxygen atoms in total. The number of carbonyl (C=O) groups is 3. The lowest BCUT2D eigenvalue weighted by Crippen LogP contribution is -2.48. The minimum atomic E-state index is -0.976. The Morgan fingerprint density at radius 1 is 1.19 bits per heavy atom. The van der Waals surface area contributed by atoms with Gasteiger partial charge >= 0.3 is 5.97 Å². The first-order chi connectivity index (χ1) is 12.9. The smallest absolute Gasteiger partial charge is 0.326 e. The Kier molecular flexibility index (Phi) is 5.60. The van der Waals surface area contributed by atoms with Gasteiger partial charge in [-0.25, -0.2) is 4.79 Å². The number of rotatable bonds is 4. The predicted octanol–water partition coefficient (Wildman–Crippen LogP) is 3.70. The number of carboxylic acid groups (broad SMARTS) is 1. The summed E-state index contributed by atoms with van der Waals surface area (Å²) >= 11 is 1.43. The Balaban J connectivity index is 1.77. The van der Waals surface area contributed by atoms with Gasteiger partial charge in [0.25, 0.3) is 11.8 Å². The summed E-state index contributed by atoms with van der Waals surface area (Å²) in [4.78, 5) is 39.8. The van der Waals surface area contributed by atoms with E-state index in [1.165, 1.54) is 16.2 Å². The lowest BCUT2D eigenvalue weighted by atomic mass is 10.0. The average Bonchev–Trinajstić information content (AvgIpc) is 3.00. The Morgan fingerprint density at radius 2 is 1.96 bits per heavy atom. The van der Waals surface area contributed by atoms with E-state index in [1.54, 1.807) is 24.3 Å². The first-order valence-corrected chi connectivity index (χ1v) is 9.70. The Labute approximate surface area is 161 Å². The molecular weight excluding hydrogens is 364 g/mol. The molecule has 2 heterocycles. The van der Waals surface area contributed by atoms with Gasteiger partial charge < -0.3 is 15.3 Å². The number of hydrogen-bond donors (Lipinski definition) is 2. The second kappa shape index (κ2) is 7.92. The zero-order chi connectivity index (χ0) is 19.6. The van der Waals surface area contributed by atoms with Gasteiger partial charge in [0.2, 0.25) is 0 Å². The van der Waals surface area contributed by atoms with Crippen LogP contribution in [0.2, 0.25) is 0 Å². The molecule has 142 valence electrons. The van der Waals surface area contributed by atoms with E-state index in [1.807, 2.05) is 19.9 Å². The van der Waals surface area contributed by atoms with Gasteiger partial charge in [-0.1, -0.05) is 6.07 Å². The summed E-state index contributed by atoms with van der Waals surface area (Å²) in [6.45, 7) is 4.35. The molecule has 0 bridgehead atoms. The minimum absolute atomic E-state index is 0.220. The minimum Gasteiger partial charge on any atom is -0.480 e. The monoisotopic (exact) mass is 386 g/mol. The number of aliphatic carboxylic acids is 1. The van der Waals surface area contributed by atoms with E-state index < -0.39 is 12.0 Å². The summed E-state index contributed by atoms with van der Waals surface area (Å²) in [5.74, 6) is -1.51. The zero-order valence-corrected chi connectivity index (χ0v) is 16.1. The second-order valence-corrected chi connectivity index (χ2v) is 7.99. The van der Waals surface area contributed by atoms with Gasteiger partial charge in [-0.2, -0.15) is 0 Å². The number of benzene rings is 1. The number of hydrogen-bond acceptors (Lipinski definition) is 4. The molecular formula is C20H22N2O4S. The molecule has 0 saturated carbocycles. The summed E-state index contributed by atoms with van der Waals surface area (Å²) in [5, 5.41) is 12.2. The fourth-order valence-electron chi connectivity index (χ4n) is 3.20. The standard InChI is InChI=1S/C20H22N2O4S/c1-12-10-17(27-13(12)2)18(23)21-15-7-5-6-14(11-15)19(24)22-9-4-3-8-16(22)20(25)26/h5-7,10-11,16H,3-4,8-9H2,1-2H3,(H,21,23)(H,25,26). The van der Waals surface area contributed by atoms with Gasteiger partial charge in [-0.15, -0.1) is 11.3 Å². The van der Waals surface area contributed by atoms with Gasteiger partial charge in [0.15, 0.2) is 0 Å². The van der Waals surface area contributed by atoms with Crippen LogP contribution in [0.1, 0.15) is 49.7 Å². The number of carboxylic acids is 1. The molecule has 0 radical (unpaired) electrons. The maximum atomic E-state index is 12.8. The fourth-order valence-corrected chi connectivity index (χ4v) is 4.13. The van der Waals surface area contributed by atoms with Crippen molar-refractivity contribution in [1.29, 1.82) is 0 Å². The Morgan fingerprint density at radius 3 is 2.63 bits per heavy atom. The number of carbonyl (C=O) groups excluding carboxylic acids is 2. The number of anilines is 1. The van der Waals surface area contributed by atoms with Crippen molar-refractivity contribution in [2.24, 2.45) is 0 Å². The normalized spacial score (nSPS) is 16.8. The lowest BCUT2D eigenvalue weighted by Gasteiger charge is -2.33. The molecule has 1 fully saturated rings. The molecule has 1 aromatic carbocycles. The molecule has 1 saturated heterocycles.